The zero-order valence-electron chi connectivity index (χ0n) is 20.1. The van der Waals surface area contributed by atoms with Gasteiger partial charge in [-0.2, -0.15) is 0 Å². The number of hydrogen-bond acceptors (Lipinski definition) is 7. The third-order valence-corrected chi connectivity index (χ3v) is 8.36. The van der Waals surface area contributed by atoms with Gasteiger partial charge in [-0.3, -0.25) is 9.59 Å². The highest BCUT2D eigenvalue weighted by atomic mass is 32.2. The summed E-state index contributed by atoms with van der Waals surface area (Å²) in [5, 5.41) is 2.55. The summed E-state index contributed by atoms with van der Waals surface area (Å²) in [5.41, 5.74) is 1.50. The maximum Gasteiger partial charge on any atom is 0.255 e. The maximum absolute atomic E-state index is 13.0. The third kappa shape index (κ3) is 5.75. The fraction of sp³-hybridized carbons (Fsp3) is 0.280. The number of carbonyl (C=O) groups excluding carboxylic acids is 2. The van der Waals surface area contributed by atoms with Gasteiger partial charge in [-0.15, -0.1) is 11.8 Å². The normalized spacial score (nSPS) is 15.9. The Morgan fingerprint density at radius 3 is 2.58 bits per heavy atom. The number of ether oxygens (including phenoxy) is 1. The first-order chi connectivity index (χ1) is 17.2. The molecule has 0 spiro atoms. The number of sulfonamides is 1. The number of methoxy groups -OCH3 is 1. The number of amides is 2. The highest BCUT2D eigenvalue weighted by molar-refractivity contribution is 8.00. The maximum atomic E-state index is 13.0. The average Bonchev–Trinajstić information content (AvgIpc) is 3.48. The monoisotopic (exact) mass is 529 g/mol. The SMILES string of the molecule is COc1ccc(S(=O)(=O)NC(C)C)cc1NC(=O)c1ccc(C2SCC(=O)N2Cc2ccco2)cc1. The van der Waals surface area contributed by atoms with Crippen LogP contribution in [0.1, 0.15) is 40.9 Å². The van der Waals surface area contributed by atoms with Crippen LogP contribution in [0, 0.1) is 0 Å². The summed E-state index contributed by atoms with van der Waals surface area (Å²) in [6, 6.07) is 14.6. The molecule has 2 N–H and O–H groups in total. The van der Waals surface area contributed by atoms with Crippen molar-refractivity contribution in [2.45, 2.75) is 36.7 Å². The predicted octanol–water partition coefficient (Wildman–Crippen LogP) is 4.00. The second kappa shape index (κ2) is 10.8. The number of carbonyl (C=O) groups is 2. The quantitative estimate of drug-likeness (QED) is 0.430. The van der Waals surface area contributed by atoms with Gasteiger partial charge >= 0.3 is 0 Å². The first-order valence-electron chi connectivity index (χ1n) is 11.2. The van der Waals surface area contributed by atoms with Crippen molar-refractivity contribution >= 4 is 39.3 Å². The molecule has 0 aliphatic carbocycles. The third-order valence-electron chi connectivity index (χ3n) is 5.45. The molecule has 2 amide bonds. The smallest absolute Gasteiger partial charge is 0.255 e. The summed E-state index contributed by atoms with van der Waals surface area (Å²) in [4.78, 5) is 27.2. The zero-order chi connectivity index (χ0) is 25.9. The lowest BCUT2D eigenvalue weighted by Crippen LogP contribution is -2.30. The van der Waals surface area contributed by atoms with E-state index in [1.807, 2.05) is 18.2 Å². The first-order valence-corrected chi connectivity index (χ1v) is 13.8. The van der Waals surface area contributed by atoms with Crippen molar-refractivity contribution in [3.63, 3.8) is 0 Å². The fourth-order valence-electron chi connectivity index (χ4n) is 3.80. The van der Waals surface area contributed by atoms with Gasteiger partial charge in [0.1, 0.15) is 16.9 Å². The molecule has 1 unspecified atom stereocenters. The highest BCUT2D eigenvalue weighted by Gasteiger charge is 2.33. The molecule has 1 saturated heterocycles. The lowest BCUT2D eigenvalue weighted by Gasteiger charge is -2.23. The topological polar surface area (TPSA) is 118 Å². The van der Waals surface area contributed by atoms with Crippen LogP contribution in [0.5, 0.6) is 5.75 Å². The second-order valence-electron chi connectivity index (χ2n) is 8.48. The molecule has 1 aromatic heterocycles. The van der Waals surface area contributed by atoms with Crippen molar-refractivity contribution in [1.82, 2.24) is 9.62 Å². The van der Waals surface area contributed by atoms with Crippen LogP contribution >= 0.6 is 11.8 Å². The average molecular weight is 530 g/mol. The van der Waals surface area contributed by atoms with Crippen LogP contribution in [0.25, 0.3) is 0 Å². The number of hydrogen-bond donors (Lipinski definition) is 2. The van der Waals surface area contributed by atoms with Gasteiger partial charge in [0.05, 0.1) is 36.3 Å². The predicted molar refractivity (Wildman–Crippen MR) is 137 cm³/mol. The van der Waals surface area contributed by atoms with Gasteiger partial charge in [0.25, 0.3) is 5.91 Å². The number of nitrogens with zero attached hydrogens (tertiary/aromatic N) is 1. The Morgan fingerprint density at radius 1 is 1.19 bits per heavy atom. The number of nitrogens with one attached hydrogen (secondary N) is 2. The summed E-state index contributed by atoms with van der Waals surface area (Å²) in [7, 11) is -2.31. The minimum Gasteiger partial charge on any atom is -0.495 e. The molecule has 2 aromatic carbocycles. The van der Waals surface area contributed by atoms with Crippen molar-refractivity contribution in [2.24, 2.45) is 0 Å². The molecule has 9 nitrogen and oxygen atoms in total. The Labute approximate surface area is 214 Å². The molecule has 36 heavy (non-hydrogen) atoms. The molecule has 0 saturated carbocycles. The summed E-state index contributed by atoms with van der Waals surface area (Å²) in [5.74, 6) is 1.01. The van der Waals surface area contributed by atoms with Crippen LogP contribution < -0.4 is 14.8 Å². The molecule has 3 aromatic rings. The number of anilines is 1. The van der Waals surface area contributed by atoms with E-state index in [4.69, 9.17) is 9.15 Å². The molecule has 1 atom stereocenters. The van der Waals surface area contributed by atoms with Crippen molar-refractivity contribution in [3.05, 3.63) is 77.7 Å². The van der Waals surface area contributed by atoms with Crippen molar-refractivity contribution in [2.75, 3.05) is 18.2 Å². The largest absolute Gasteiger partial charge is 0.495 e. The van der Waals surface area contributed by atoms with Gasteiger partial charge in [0.15, 0.2) is 0 Å². The molecule has 1 aliphatic heterocycles. The molecule has 1 fully saturated rings. The van der Waals surface area contributed by atoms with E-state index in [1.54, 1.807) is 43.2 Å². The fourth-order valence-corrected chi connectivity index (χ4v) is 6.26. The summed E-state index contributed by atoms with van der Waals surface area (Å²) in [6.07, 6.45) is 1.58. The van der Waals surface area contributed by atoms with Gasteiger partial charge in [0.2, 0.25) is 15.9 Å². The van der Waals surface area contributed by atoms with E-state index in [-0.39, 0.29) is 27.9 Å². The van der Waals surface area contributed by atoms with E-state index in [9.17, 15) is 18.0 Å². The molecular weight excluding hydrogens is 502 g/mol. The minimum absolute atomic E-state index is 0.0159. The van der Waals surface area contributed by atoms with Gasteiger partial charge in [-0.25, -0.2) is 13.1 Å². The van der Waals surface area contributed by atoms with Crippen molar-refractivity contribution in [3.8, 4) is 5.75 Å². The van der Waals surface area contributed by atoms with E-state index in [1.165, 1.54) is 37.1 Å². The van der Waals surface area contributed by atoms with Gasteiger partial charge in [-0.1, -0.05) is 12.1 Å². The van der Waals surface area contributed by atoms with E-state index in [2.05, 4.69) is 10.0 Å². The standard InChI is InChI=1S/C25H27N3O6S2/c1-16(2)27-36(31,32)20-10-11-22(33-3)21(13-20)26-24(30)17-6-8-18(9-7-17)25-28(23(29)15-35-25)14-19-5-4-12-34-19/h4-13,16,25,27H,14-15H2,1-3H3,(H,26,30). The molecular formula is C25H27N3O6S2. The number of furan rings is 1. The molecule has 1 aliphatic rings. The summed E-state index contributed by atoms with van der Waals surface area (Å²) in [6.45, 7) is 3.82. The molecule has 2 heterocycles. The molecule has 190 valence electrons. The van der Waals surface area contributed by atoms with Crippen LogP contribution in [-0.2, 0) is 21.4 Å². The van der Waals surface area contributed by atoms with Gasteiger partial charge in [0, 0.05) is 11.6 Å². The number of thioether (sulfide) groups is 1. The Hall–Kier alpha value is -3.28. The van der Waals surface area contributed by atoms with Crippen LogP contribution in [0.15, 0.2) is 70.2 Å². The first kappa shape index (κ1) is 25.8. The minimum atomic E-state index is -3.75. The van der Waals surface area contributed by atoms with E-state index < -0.39 is 15.9 Å². The van der Waals surface area contributed by atoms with Gasteiger partial charge < -0.3 is 19.4 Å². The van der Waals surface area contributed by atoms with E-state index >= 15 is 0 Å². The zero-order valence-corrected chi connectivity index (χ0v) is 21.7. The van der Waals surface area contributed by atoms with Crippen LogP contribution in [0.2, 0.25) is 0 Å². The Balaban J connectivity index is 1.51. The van der Waals surface area contributed by atoms with Gasteiger partial charge in [-0.05, 0) is 61.9 Å². The molecule has 4 rings (SSSR count). The van der Waals surface area contributed by atoms with Crippen molar-refractivity contribution in [1.29, 1.82) is 0 Å². The van der Waals surface area contributed by atoms with E-state index in [0.717, 1.165) is 5.56 Å². The number of benzene rings is 2. The Kier molecular flexibility index (Phi) is 7.72. The molecule has 11 heteroatoms. The van der Waals surface area contributed by atoms with Crippen LogP contribution in [0.3, 0.4) is 0 Å². The van der Waals surface area contributed by atoms with E-state index in [0.29, 0.717) is 29.4 Å². The van der Waals surface area contributed by atoms with Crippen molar-refractivity contribution < 1.29 is 27.2 Å². The lowest BCUT2D eigenvalue weighted by molar-refractivity contribution is -0.128. The lowest BCUT2D eigenvalue weighted by atomic mass is 10.1. The molecule has 0 bridgehead atoms. The van der Waals surface area contributed by atoms with Crippen LogP contribution in [-0.4, -0.2) is 44.0 Å². The highest BCUT2D eigenvalue weighted by Crippen LogP contribution is 2.39. The summed E-state index contributed by atoms with van der Waals surface area (Å²) < 4.78 is 38.3. The summed E-state index contributed by atoms with van der Waals surface area (Å²) >= 11 is 1.52. The number of rotatable bonds is 9. The Bertz CT molecular complexity index is 1340. The van der Waals surface area contributed by atoms with Crippen LogP contribution in [0.4, 0.5) is 5.69 Å². The Morgan fingerprint density at radius 2 is 1.94 bits per heavy atom. The second-order valence-corrected chi connectivity index (χ2v) is 11.3. The molecule has 0 radical (unpaired) electrons.